The number of esters is 1. The number of amides is 1. The van der Waals surface area contributed by atoms with Crippen LogP contribution in [0.5, 0.6) is 5.75 Å². The number of benzene rings is 2. The number of carbonyl (C=O) groups is 2. The van der Waals surface area contributed by atoms with Crippen molar-refractivity contribution in [2.75, 3.05) is 13.2 Å². The molecule has 8 nitrogen and oxygen atoms in total. The lowest BCUT2D eigenvalue weighted by atomic mass is 10.2. The maximum absolute atomic E-state index is 12.5. The first-order valence-electron chi connectivity index (χ1n) is 11.4. The number of hydrogen-bond acceptors (Lipinski definition) is 6. The first-order chi connectivity index (χ1) is 16.9. The Morgan fingerprint density at radius 1 is 1.03 bits per heavy atom. The fourth-order valence-electron chi connectivity index (χ4n) is 3.88. The number of carbonyl (C=O) groups excluding carboxylic acids is 2. The largest absolute Gasteiger partial charge is 0.494 e. The van der Waals surface area contributed by atoms with Gasteiger partial charge in [-0.3, -0.25) is 4.79 Å². The van der Waals surface area contributed by atoms with E-state index in [1.165, 1.54) is 0 Å². The van der Waals surface area contributed by atoms with E-state index in [9.17, 15) is 9.59 Å². The van der Waals surface area contributed by atoms with Crippen molar-refractivity contribution >= 4 is 29.1 Å². The number of ether oxygens (including phenoxy) is 2. The molecule has 0 fully saturated rings. The van der Waals surface area contributed by atoms with Crippen molar-refractivity contribution in [3.8, 4) is 11.4 Å². The van der Waals surface area contributed by atoms with Crippen molar-refractivity contribution in [3.63, 3.8) is 0 Å². The average molecular weight is 474 g/mol. The highest BCUT2D eigenvalue weighted by molar-refractivity contribution is 5.97. The summed E-state index contributed by atoms with van der Waals surface area (Å²) in [6.45, 7) is 8.53. The molecule has 4 rings (SSSR count). The third-order valence-corrected chi connectivity index (χ3v) is 5.50. The molecule has 35 heavy (non-hydrogen) atoms. The summed E-state index contributed by atoms with van der Waals surface area (Å²) in [6.07, 6.45) is 1.60. The molecule has 0 aliphatic carbocycles. The molecule has 0 radical (unpaired) electrons. The molecule has 4 aromatic rings. The maximum Gasteiger partial charge on any atom is 0.338 e. The molecule has 0 unspecified atom stereocenters. The van der Waals surface area contributed by atoms with E-state index < -0.39 is 5.91 Å². The van der Waals surface area contributed by atoms with Crippen molar-refractivity contribution < 1.29 is 23.5 Å². The second-order valence-electron chi connectivity index (χ2n) is 7.87. The summed E-state index contributed by atoms with van der Waals surface area (Å²) in [6, 6.07) is 16.3. The number of hydrogen-bond donors (Lipinski definition) is 1. The lowest BCUT2D eigenvalue weighted by Crippen LogP contribution is -2.16. The van der Waals surface area contributed by atoms with Gasteiger partial charge in [0.2, 0.25) is 0 Å². The second-order valence-corrected chi connectivity index (χ2v) is 7.87. The quantitative estimate of drug-likeness (QED) is 0.216. The van der Waals surface area contributed by atoms with Crippen LogP contribution in [0.1, 0.15) is 51.7 Å². The lowest BCUT2D eigenvalue weighted by Gasteiger charge is -2.10. The number of nitrogens with zero attached hydrogens (tertiary/aromatic N) is 2. The van der Waals surface area contributed by atoms with Crippen LogP contribution in [0.4, 0.5) is 0 Å². The van der Waals surface area contributed by atoms with Crippen molar-refractivity contribution in [3.05, 3.63) is 82.9 Å². The van der Waals surface area contributed by atoms with E-state index in [1.54, 1.807) is 43.5 Å². The van der Waals surface area contributed by atoms with Crippen LogP contribution < -0.4 is 10.2 Å². The van der Waals surface area contributed by atoms with Crippen LogP contribution in [0.3, 0.4) is 0 Å². The first kappa shape index (κ1) is 23.8. The molecule has 8 heteroatoms. The number of aromatic nitrogens is 1. The van der Waals surface area contributed by atoms with Gasteiger partial charge in [-0.1, -0.05) is 0 Å². The highest BCUT2D eigenvalue weighted by atomic mass is 16.5. The zero-order valence-electron chi connectivity index (χ0n) is 20.1. The third-order valence-electron chi connectivity index (χ3n) is 5.50. The molecule has 0 spiro atoms. The Kier molecular flexibility index (Phi) is 7.01. The molecular formula is C27H27N3O5. The normalized spacial score (nSPS) is 11.2. The molecule has 0 aliphatic rings. The average Bonchev–Trinajstić information content (AvgIpc) is 3.39. The van der Waals surface area contributed by atoms with E-state index in [0.29, 0.717) is 24.4 Å². The predicted molar refractivity (Wildman–Crippen MR) is 134 cm³/mol. The van der Waals surface area contributed by atoms with Gasteiger partial charge in [0.15, 0.2) is 5.76 Å². The van der Waals surface area contributed by atoms with Gasteiger partial charge in [-0.25, -0.2) is 10.2 Å². The van der Waals surface area contributed by atoms with Crippen LogP contribution in [-0.2, 0) is 4.74 Å². The zero-order valence-corrected chi connectivity index (χ0v) is 20.1. The van der Waals surface area contributed by atoms with Gasteiger partial charge in [-0.2, -0.15) is 5.10 Å². The van der Waals surface area contributed by atoms with E-state index in [4.69, 9.17) is 13.9 Å². The molecule has 0 atom stereocenters. The van der Waals surface area contributed by atoms with Gasteiger partial charge in [-0.05, 0) is 82.3 Å². The van der Waals surface area contributed by atoms with Gasteiger partial charge < -0.3 is 18.5 Å². The zero-order chi connectivity index (χ0) is 24.9. The van der Waals surface area contributed by atoms with Crippen molar-refractivity contribution in [1.29, 1.82) is 0 Å². The SMILES string of the molecule is CCOC(=O)c1ccc(-n2c(C)cc(/C=N/NC(=O)c3cc4cc(OCC)ccc4o3)c2C)cc1. The molecule has 0 saturated carbocycles. The standard InChI is InChI=1S/C27H27N3O5/c1-5-33-23-11-12-24-20(14-23)15-25(35-24)26(31)29-28-16-21-13-17(3)30(18(21)4)22-9-7-19(8-10-22)27(32)34-6-2/h7-16H,5-6H2,1-4H3,(H,29,31)/b28-16+. The van der Waals surface area contributed by atoms with Gasteiger partial charge in [0.25, 0.3) is 0 Å². The van der Waals surface area contributed by atoms with Crippen LogP contribution in [0, 0.1) is 13.8 Å². The molecule has 2 aromatic heterocycles. The Morgan fingerprint density at radius 2 is 1.80 bits per heavy atom. The smallest absolute Gasteiger partial charge is 0.338 e. The molecular weight excluding hydrogens is 446 g/mol. The molecule has 2 aromatic carbocycles. The molecule has 1 amide bonds. The number of hydrazone groups is 1. The second kappa shape index (κ2) is 10.3. The first-order valence-corrected chi connectivity index (χ1v) is 11.4. The van der Waals surface area contributed by atoms with Gasteiger partial charge in [0.1, 0.15) is 11.3 Å². The highest BCUT2D eigenvalue weighted by Gasteiger charge is 2.14. The van der Waals surface area contributed by atoms with E-state index in [0.717, 1.165) is 33.8 Å². The van der Waals surface area contributed by atoms with Crippen molar-refractivity contribution in [2.24, 2.45) is 5.10 Å². The summed E-state index contributed by atoms with van der Waals surface area (Å²) in [5.41, 5.74) is 7.31. The number of nitrogens with one attached hydrogen (secondary N) is 1. The molecule has 2 heterocycles. The number of rotatable bonds is 8. The summed E-state index contributed by atoms with van der Waals surface area (Å²) in [7, 11) is 0. The molecule has 0 saturated heterocycles. The van der Waals surface area contributed by atoms with Crippen molar-refractivity contribution in [2.45, 2.75) is 27.7 Å². The van der Waals surface area contributed by atoms with Gasteiger partial charge >= 0.3 is 11.9 Å². The molecule has 180 valence electrons. The van der Waals surface area contributed by atoms with E-state index in [-0.39, 0.29) is 11.7 Å². The minimum Gasteiger partial charge on any atom is -0.494 e. The monoisotopic (exact) mass is 473 g/mol. The summed E-state index contributed by atoms with van der Waals surface area (Å²) < 4.78 is 18.2. The van der Waals surface area contributed by atoms with E-state index in [2.05, 4.69) is 10.5 Å². The predicted octanol–water partition coefficient (Wildman–Crippen LogP) is 5.18. The van der Waals surface area contributed by atoms with Gasteiger partial charge in [0.05, 0.1) is 25.0 Å². The Bertz CT molecular complexity index is 1400. The fraction of sp³-hybridized carbons (Fsp3) is 0.222. The summed E-state index contributed by atoms with van der Waals surface area (Å²) in [4.78, 5) is 24.4. The topological polar surface area (TPSA) is 95.1 Å². The Labute approximate surface area is 203 Å². The minimum absolute atomic E-state index is 0.165. The van der Waals surface area contributed by atoms with Crippen LogP contribution >= 0.6 is 0 Å². The number of fused-ring (bicyclic) bond motifs is 1. The Morgan fingerprint density at radius 3 is 2.51 bits per heavy atom. The van der Waals surface area contributed by atoms with E-state index in [1.807, 2.05) is 49.6 Å². The van der Waals surface area contributed by atoms with Crippen LogP contribution in [0.15, 0.2) is 64.1 Å². The number of aryl methyl sites for hydroxylation is 1. The summed E-state index contributed by atoms with van der Waals surface area (Å²) >= 11 is 0. The minimum atomic E-state index is -0.446. The third kappa shape index (κ3) is 5.11. The summed E-state index contributed by atoms with van der Waals surface area (Å²) in [5.74, 6) is 0.0937. The lowest BCUT2D eigenvalue weighted by molar-refractivity contribution is 0.0526. The molecule has 0 bridgehead atoms. The van der Waals surface area contributed by atoms with E-state index >= 15 is 0 Å². The fourth-order valence-corrected chi connectivity index (χ4v) is 3.88. The number of furan rings is 1. The Balaban J connectivity index is 1.47. The van der Waals surface area contributed by atoms with Gasteiger partial charge in [-0.15, -0.1) is 0 Å². The van der Waals surface area contributed by atoms with Gasteiger partial charge in [0, 0.05) is 28.0 Å². The van der Waals surface area contributed by atoms with Crippen LogP contribution in [0.2, 0.25) is 0 Å². The van der Waals surface area contributed by atoms with Crippen LogP contribution in [0.25, 0.3) is 16.7 Å². The molecule has 0 aliphatic heterocycles. The maximum atomic E-state index is 12.5. The Hall–Kier alpha value is -4.33. The highest BCUT2D eigenvalue weighted by Crippen LogP contribution is 2.24. The molecule has 1 N–H and O–H groups in total. The van der Waals surface area contributed by atoms with Crippen molar-refractivity contribution in [1.82, 2.24) is 9.99 Å². The van der Waals surface area contributed by atoms with Crippen LogP contribution in [-0.4, -0.2) is 35.9 Å². The summed E-state index contributed by atoms with van der Waals surface area (Å²) in [5, 5.41) is 4.90.